The molecule has 1 N–H and O–H groups in total. The van der Waals surface area contributed by atoms with Gasteiger partial charge in [-0.25, -0.2) is 9.37 Å². The third-order valence-corrected chi connectivity index (χ3v) is 2.81. The van der Waals surface area contributed by atoms with Crippen molar-refractivity contribution in [3.63, 3.8) is 0 Å². The number of fused-ring (bicyclic) bond motifs is 1. The van der Waals surface area contributed by atoms with Gasteiger partial charge in [0.2, 0.25) is 0 Å². The quantitative estimate of drug-likeness (QED) is 0.717. The molecule has 3 rings (SSSR count). The zero-order valence-corrected chi connectivity index (χ0v) is 10.4. The number of para-hydroxylation sites is 2. The maximum atomic E-state index is 13.3. The number of aromatic nitrogens is 2. The normalized spacial score (nSPS) is 11.8. The molecule has 0 bridgehead atoms. The van der Waals surface area contributed by atoms with Crippen LogP contribution in [-0.4, -0.2) is 16.3 Å². The molecule has 0 aliphatic carbocycles. The van der Waals surface area contributed by atoms with Gasteiger partial charge in [0.15, 0.2) is 0 Å². The molecule has 0 unspecified atom stereocenters. The summed E-state index contributed by atoms with van der Waals surface area (Å²) in [5, 5.41) is 0. The number of hydrogen-bond donors (Lipinski definition) is 1. The number of benzene rings is 2. The van der Waals surface area contributed by atoms with E-state index in [1.165, 1.54) is 0 Å². The lowest BCUT2D eigenvalue weighted by Crippen LogP contribution is -2.17. The number of rotatable bonds is 2. The van der Waals surface area contributed by atoms with Crippen molar-refractivity contribution in [3.05, 3.63) is 48.3 Å². The average molecular weight is 296 g/mol. The zero-order chi connectivity index (χ0) is 15.0. The molecular weight excluding hydrogens is 288 g/mol. The van der Waals surface area contributed by atoms with Crippen LogP contribution >= 0.6 is 0 Å². The van der Waals surface area contributed by atoms with Crippen LogP contribution < -0.4 is 4.74 Å². The second kappa shape index (κ2) is 4.76. The van der Waals surface area contributed by atoms with E-state index in [2.05, 4.69) is 14.7 Å². The Morgan fingerprint density at radius 3 is 2.52 bits per heavy atom. The Bertz CT molecular complexity index is 762. The number of ether oxygens (including phenoxy) is 1. The Balaban J connectivity index is 2.13. The van der Waals surface area contributed by atoms with Gasteiger partial charge in [0.1, 0.15) is 17.4 Å². The van der Waals surface area contributed by atoms with Gasteiger partial charge in [-0.1, -0.05) is 12.1 Å². The molecule has 1 heterocycles. The molecule has 0 amide bonds. The molecule has 108 valence electrons. The zero-order valence-electron chi connectivity index (χ0n) is 10.4. The third-order valence-electron chi connectivity index (χ3n) is 2.81. The maximum absolute atomic E-state index is 13.3. The minimum absolute atomic E-state index is 0.0940. The van der Waals surface area contributed by atoms with Crippen molar-refractivity contribution in [2.75, 3.05) is 0 Å². The standard InChI is InChI=1S/C14H8F4N2O/c15-8-5-6-12(21-14(16,17)18)9(7-8)13-19-10-3-1-2-4-11(10)20-13/h1-7H,(H,19,20). The number of alkyl halides is 3. The van der Waals surface area contributed by atoms with Crippen LogP contribution in [0.5, 0.6) is 5.75 Å². The number of aromatic amines is 1. The molecule has 0 aliphatic rings. The fourth-order valence-electron chi connectivity index (χ4n) is 1.98. The average Bonchev–Trinajstić information content (AvgIpc) is 2.83. The van der Waals surface area contributed by atoms with E-state index in [0.29, 0.717) is 11.0 Å². The Kier molecular flexibility index (Phi) is 3.04. The molecule has 21 heavy (non-hydrogen) atoms. The summed E-state index contributed by atoms with van der Waals surface area (Å²) in [6.07, 6.45) is -4.86. The summed E-state index contributed by atoms with van der Waals surface area (Å²) < 4.78 is 54.4. The molecule has 0 aliphatic heterocycles. The van der Waals surface area contributed by atoms with Crippen LogP contribution in [0.4, 0.5) is 17.6 Å². The van der Waals surface area contributed by atoms with Gasteiger partial charge in [-0.05, 0) is 30.3 Å². The second-order valence-corrected chi connectivity index (χ2v) is 4.29. The lowest BCUT2D eigenvalue weighted by Gasteiger charge is -2.12. The fraction of sp³-hybridized carbons (Fsp3) is 0.0714. The minimum Gasteiger partial charge on any atom is -0.405 e. The summed E-state index contributed by atoms with van der Waals surface area (Å²) in [5.41, 5.74) is 1.10. The van der Waals surface area contributed by atoms with E-state index in [9.17, 15) is 17.6 Å². The monoisotopic (exact) mass is 296 g/mol. The highest BCUT2D eigenvalue weighted by atomic mass is 19.4. The highest BCUT2D eigenvalue weighted by molar-refractivity contribution is 5.80. The number of nitrogens with zero attached hydrogens (tertiary/aromatic N) is 1. The van der Waals surface area contributed by atoms with Gasteiger partial charge in [0, 0.05) is 0 Å². The van der Waals surface area contributed by atoms with Crippen molar-refractivity contribution in [1.29, 1.82) is 0 Å². The van der Waals surface area contributed by atoms with E-state index >= 15 is 0 Å². The van der Waals surface area contributed by atoms with E-state index in [1.807, 2.05) is 0 Å². The van der Waals surface area contributed by atoms with Gasteiger partial charge in [-0.15, -0.1) is 13.2 Å². The first kappa shape index (κ1) is 13.4. The van der Waals surface area contributed by atoms with Crippen molar-refractivity contribution in [1.82, 2.24) is 9.97 Å². The number of halogens is 4. The van der Waals surface area contributed by atoms with Crippen LogP contribution in [0, 0.1) is 5.82 Å². The Morgan fingerprint density at radius 2 is 1.81 bits per heavy atom. The van der Waals surface area contributed by atoms with Crippen molar-refractivity contribution in [3.8, 4) is 17.1 Å². The van der Waals surface area contributed by atoms with Gasteiger partial charge in [0.25, 0.3) is 0 Å². The van der Waals surface area contributed by atoms with Crippen LogP contribution in [0.25, 0.3) is 22.4 Å². The number of nitrogens with one attached hydrogen (secondary N) is 1. The predicted octanol–water partition coefficient (Wildman–Crippen LogP) is 4.27. The molecule has 3 aromatic rings. The second-order valence-electron chi connectivity index (χ2n) is 4.29. The summed E-state index contributed by atoms with van der Waals surface area (Å²) in [7, 11) is 0. The van der Waals surface area contributed by atoms with Crippen molar-refractivity contribution in [2.24, 2.45) is 0 Å². The third kappa shape index (κ3) is 2.81. The van der Waals surface area contributed by atoms with Crippen LogP contribution in [0.3, 0.4) is 0 Å². The van der Waals surface area contributed by atoms with E-state index in [1.54, 1.807) is 24.3 Å². The molecule has 0 radical (unpaired) electrons. The summed E-state index contributed by atoms with van der Waals surface area (Å²) in [6, 6.07) is 9.67. The number of imidazole rings is 1. The van der Waals surface area contributed by atoms with Gasteiger partial charge >= 0.3 is 6.36 Å². The number of H-pyrrole nitrogens is 1. The van der Waals surface area contributed by atoms with Crippen molar-refractivity contribution >= 4 is 11.0 Å². The van der Waals surface area contributed by atoms with Crippen LogP contribution in [0.1, 0.15) is 0 Å². The van der Waals surface area contributed by atoms with E-state index in [-0.39, 0.29) is 11.4 Å². The lowest BCUT2D eigenvalue weighted by molar-refractivity contribution is -0.274. The van der Waals surface area contributed by atoms with Crippen LogP contribution in [0.15, 0.2) is 42.5 Å². The highest BCUT2D eigenvalue weighted by Gasteiger charge is 2.32. The first-order chi connectivity index (χ1) is 9.92. The SMILES string of the molecule is Fc1ccc(OC(F)(F)F)c(-c2nc3ccccc3[nH]2)c1. The Labute approximate surface area is 116 Å². The Morgan fingerprint density at radius 1 is 1.05 bits per heavy atom. The molecule has 1 aromatic heterocycles. The molecule has 0 fully saturated rings. The molecule has 7 heteroatoms. The topological polar surface area (TPSA) is 37.9 Å². The first-order valence-electron chi connectivity index (χ1n) is 5.93. The molecule has 0 atom stereocenters. The van der Waals surface area contributed by atoms with E-state index < -0.39 is 17.9 Å². The smallest absolute Gasteiger partial charge is 0.405 e. The first-order valence-corrected chi connectivity index (χ1v) is 5.93. The molecular formula is C14H8F4N2O. The summed E-state index contributed by atoms with van der Waals surface area (Å²) >= 11 is 0. The van der Waals surface area contributed by atoms with Gasteiger partial charge in [-0.2, -0.15) is 0 Å². The van der Waals surface area contributed by atoms with Gasteiger partial charge in [-0.3, -0.25) is 0 Å². The molecule has 2 aromatic carbocycles. The predicted molar refractivity (Wildman–Crippen MR) is 68.2 cm³/mol. The Hall–Kier alpha value is -2.57. The molecule has 3 nitrogen and oxygen atoms in total. The molecule has 0 saturated heterocycles. The largest absolute Gasteiger partial charge is 0.573 e. The van der Waals surface area contributed by atoms with Crippen molar-refractivity contribution in [2.45, 2.75) is 6.36 Å². The van der Waals surface area contributed by atoms with Crippen molar-refractivity contribution < 1.29 is 22.3 Å². The summed E-state index contributed by atoms with van der Waals surface area (Å²) in [4.78, 5) is 6.99. The van der Waals surface area contributed by atoms with Crippen LogP contribution in [-0.2, 0) is 0 Å². The van der Waals surface area contributed by atoms with E-state index in [4.69, 9.17) is 0 Å². The summed E-state index contributed by atoms with van der Waals surface area (Å²) in [6.45, 7) is 0. The maximum Gasteiger partial charge on any atom is 0.573 e. The molecule has 0 spiro atoms. The summed E-state index contributed by atoms with van der Waals surface area (Å²) in [5.74, 6) is -1.09. The van der Waals surface area contributed by atoms with Crippen LogP contribution in [0.2, 0.25) is 0 Å². The van der Waals surface area contributed by atoms with Gasteiger partial charge in [0.05, 0.1) is 16.6 Å². The molecule has 0 saturated carbocycles. The fourth-order valence-corrected chi connectivity index (χ4v) is 1.98. The number of hydrogen-bond acceptors (Lipinski definition) is 2. The van der Waals surface area contributed by atoms with Gasteiger partial charge < -0.3 is 9.72 Å². The minimum atomic E-state index is -4.86. The lowest BCUT2D eigenvalue weighted by atomic mass is 10.2. The van der Waals surface area contributed by atoms with E-state index in [0.717, 1.165) is 18.2 Å². The highest BCUT2D eigenvalue weighted by Crippen LogP contribution is 2.33.